The second kappa shape index (κ2) is 3.37. The van der Waals surface area contributed by atoms with Crippen molar-refractivity contribution in [2.45, 2.75) is 31.3 Å². The molecular formula is C9H16O2. The first-order valence-corrected chi connectivity index (χ1v) is 4.20. The number of aliphatic hydroxyl groups excluding tert-OH is 1. The molecule has 0 bridgehead atoms. The number of rotatable bonds is 3. The maximum Gasteiger partial charge on any atom is 0.0853 e. The van der Waals surface area contributed by atoms with Crippen LogP contribution in [0.5, 0.6) is 0 Å². The van der Waals surface area contributed by atoms with Gasteiger partial charge in [-0.15, -0.1) is 6.58 Å². The van der Waals surface area contributed by atoms with Gasteiger partial charge in [-0.25, -0.2) is 0 Å². The molecule has 1 aliphatic carbocycles. The Balaban J connectivity index is 2.56. The van der Waals surface area contributed by atoms with Gasteiger partial charge in [-0.2, -0.15) is 0 Å². The average molecular weight is 156 g/mol. The van der Waals surface area contributed by atoms with E-state index in [1.54, 1.807) is 6.08 Å². The fourth-order valence-electron chi connectivity index (χ4n) is 1.90. The number of hydrogen-bond donors (Lipinski definition) is 2. The van der Waals surface area contributed by atoms with E-state index in [1.807, 2.05) is 0 Å². The minimum atomic E-state index is -0.692. The minimum Gasteiger partial charge on any atom is -0.396 e. The molecule has 0 aliphatic heterocycles. The smallest absolute Gasteiger partial charge is 0.0853 e. The minimum absolute atomic E-state index is 0.167. The second-order valence-corrected chi connectivity index (χ2v) is 3.30. The van der Waals surface area contributed by atoms with Crippen LogP contribution in [0.3, 0.4) is 0 Å². The molecule has 0 aromatic heterocycles. The topological polar surface area (TPSA) is 40.5 Å². The van der Waals surface area contributed by atoms with Gasteiger partial charge >= 0.3 is 0 Å². The second-order valence-electron chi connectivity index (χ2n) is 3.30. The fraction of sp³-hybridized carbons (Fsp3) is 0.778. The van der Waals surface area contributed by atoms with Gasteiger partial charge < -0.3 is 10.2 Å². The Morgan fingerprint density at radius 1 is 1.64 bits per heavy atom. The van der Waals surface area contributed by atoms with E-state index in [4.69, 9.17) is 5.11 Å². The van der Waals surface area contributed by atoms with Crippen LogP contribution in [-0.4, -0.2) is 22.4 Å². The van der Waals surface area contributed by atoms with Gasteiger partial charge in [0.15, 0.2) is 0 Å². The highest BCUT2D eigenvalue weighted by Gasteiger charge is 2.37. The van der Waals surface area contributed by atoms with E-state index < -0.39 is 5.60 Å². The first-order valence-electron chi connectivity index (χ1n) is 4.20. The van der Waals surface area contributed by atoms with Crippen LogP contribution in [0.1, 0.15) is 25.7 Å². The summed E-state index contributed by atoms with van der Waals surface area (Å²) in [6.07, 6.45) is 5.19. The first kappa shape index (κ1) is 8.75. The van der Waals surface area contributed by atoms with E-state index in [9.17, 15) is 5.11 Å². The van der Waals surface area contributed by atoms with Crippen molar-refractivity contribution in [3.8, 4) is 0 Å². The summed E-state index contributed by atoms with van der Waals surface area (Å²) in [5.41, 5.74) is -0.692. The molecule has 1 fully saturated rings. The van der Waals surface area contributed by atoms with Gasteiger partial charge in [-0.3, -0.25) is 0 Å². The van der Waals surface area contributed by atoms with Gasteiger partial charge in [0, 0.05) is 6.61 Å². The molecule has 2 N–H and O–H groups in total. The van der Waals surface area contributed by atoms with Crippen molar-refractivity contribution >= 4 is 0 Å². The van der Waals surface area contributed by atoms with Crippen molar-refractivity contribution in [2.24, 2.45) is 5.92 Å². The van der Waals surface area contributed by atoms with E-state index >= 15 is 0 Å². The van der Waals surface area contributed by atoms with Crippen LogP contribution in [0, 0.1) is 5.92 Å². The molecule has 11 heavy (non-hydrogen) atoms. The molecule has 0 saturated heterocycles. The molecule has 2 atom stereocenters. The van der Waals surface area contributed by atoms with Crippen molar-refractivity contribution in [2.75, 3.05) is 6.61 Å². The van der Waals surface area contributed by atoms with E-state index in [0.29, 0.717) is 6.42 Å². The van der Waals surface area contributed by atoms with Gasteiger partial charge in [0.25, 0.3) is 0 Å². The summed E-state index contributed by atoms with van der Waals surface area (Å²) in [7, 11) is 0. The van der Waals surface area contributed by atoms with Crippen LogP contribution < -0.4 is 0 Å². The zero-order chi connectivity index (χ0) is 8.32. The van der Waals surface area contributed by atoms with Crippen molar-refractivity contribution in [1.29, 1.82) is 0 Å². The van der Waals surface area contributed by atoms with E-state index in [-0.39, 0.29) is 12.5 Å². The lowest BCUT2D eigenvalue weighted by atomic mass is 9.89. The standard InChI is InChI=1S/C9H16O2/c1-2-9(11)6-3-4-8(9)5-7-10/h2,8,10-11H,1,3-7H2/t8-,9-/m0/s1. The monoisotopic (exact) mass is 156 g/mol. The van der Waals surface area contributed by atoms with Crippen LogP contribution in [0.2, 0.25) is 0 Å². The van der Waals surface area contributed by atoms with Crippen LogP contribution in [-0.2, 0) is 0 Å². The van der Waals surface area contributed by atoms with Crippen molar-refractivity contribution < 1.29 is 10.2 Å². The largest absolute Gasteiger partial charge is 0.396 e. The summed E-state index contributed by atoms with van der Waals surface area (Å²) in [6.45, 7) is 3.78. The predicted octanol–water partition coefficient (Wildman–Crippen LogP) is 1.09. The maximum atomic E-state index is 9.86. The number of hydrogen-bond acceptors (Lipinski definition) is 2. The normalized spacial score (nSPS) is 37.5. The summed E-state index contributed by atoms with van der Waals surface area (Å²) >= 11 is 0. The third-order valence-corrected chi connectivity index (χ3v) is 2.67. The van der Waals surface area contributed by atoms with Crippen LogP contribution in [0.15, 0.2) is 12.7 Å². The predicted molar refractivity (Wildman–Crippen MR) is 44.2 cm³/mol. The molecule has 0 aromatic carbocycles. The number of aliphatic hydroxyl groups is 2. The third kappa shape index (κ3) is 1.63. The maximum absolute atomic E-state index is 9.86. The lowest BCUT2D eigenvalue weighted by molar-refractivity contribution is 0.0398. The first-order chi connectivity index (χ1) is 5.23. The molecular weight excluding hydrogens is 140 g/mol. The molecule has 0 aromatic rings. The Kier molecular flexibility index (Phi) is 2.68. The molecule has 0 spiro atoms. The molecule has 0 unspecified atom stereocenters. The van der Waals surface area contributed by atoms with E-state index in [1.165, 1.54) is 0 Å². The van der Waals surface area contributed by atoms with Gasteiger partial charge in [0.1, 0.15) is 0 Å². The van der Waals surface area contributed by atoms with Crippen molar-refractivity contribution in [3.63, 3.8) is 0 Å². The van der Waals surface area contributed by atoms with Crippen LogP contribution in [0.25, 0.3) is 0 Å². The Bertz CT molecular complexity index is 144. The van der Waals surface area contributed by atoms with Gasteiger partial charge in [-0.05, 0) is 31.6 Å². The highest BCUT2D eigenvalue weighted by Crippen LogP contribution is 2.38. The fourth-order valence-corrected chi connectivity index (χ4v) is 1.90. The highest BCUT2D eigenvalue weighted by molar-refractivity contribution is 5.03. The third-order valence-electron chi connectivity index (χ3n) is 2.67. The molecule has 2 nitrogen and oxygen atoms in total. The molecule has 2 heteroatoms. The molecule has 1 aliphatic rings. The van der Waals surface area contributed by atoms with E-state index in [2.05, 4.69) is 6.58 Å². The quantitative estimate of drug-likeness (QED) is 0.600. The Labute approximate surface area is 67.6 Å². The molecule has 0 radical (unpaired) electrons. The molecule has 64 valence electrons. The van der Waals surface area contributed by atoms with Crippen LogP contribution in [0.4, 0.5) is 0 Å². The molecule has 1 saturated carbocycles. The lowest BCUT2D eigenvalue weighted by Crippen LogP contribution is -2.30. The van der Waals surface area contributed by atoms with Crippen molar-refractivity contribution in [1.82, 2.24) is 0 Å². The Morgan fingerprint density at radius 3 is 2.91 bits per heavy atom. The summed E-state index contributed by atoms with van der Waals surface area (Å²) in [5, 5.41) is 18.6. The molecule has 1 rings (SSSR count). The Hall–Kier alpha value is -0.340. The zero-order valence-corrected chi connectivity index (χ0v) is 6.79. The van der Waals surface area contributed by atoms with Crippen molar-refractivity contribution in [3.05, 3.63) is 12.7 Å². The molecule has 0 amide bonds. The van der Waals surface area contributed by atoms with Gasteiger partial charge in [0.05, 0.1) is 5.60 Å². The van der Waals surface area contributed by atoms with Gasteiger partial charge in [-0.1, -0.05) is 6.08 Å². The summed E-state index contributed by atoms with van der Waals surface area (Å²) in [5.74, 6) is 0.227. The summed E-state index contributed by atoms with van der Waals surface area (Å²) < 4.78 is 0. The summed E-state index contributed by atoms with van der Waals surface area (Å²) in [4.78, 5) is 0. The van der Waals surface area contributed by atoms with E-state index in [0.717, 1.165) is 19.3 Å². The molecule has 0 heterocycles. The van der Waals surface area contributed by atoms with Gasteiger partial charge in [0.2, 0.25) is 0 Å². The average Bonchev–Trinajstić information content (AvgIpc) is 2.35. The Morgan fingerprint density at radius 2 is 2.36 bits per heavy atom. The zero-order valence-electron chi connectivity index (χ0n) is 6.79. The highest BCUT2D eigenvalue weighted by atomic mass is 16.3. The SMILES string of the molecule is C=C[C@]1(O)CCC[C@H]1CCO. The summed E-state index contributed by atoms with van der Waals surface area (Å²) in [6, 6.07) is 0. The lowest BCUT2D eigenvalue weighted by Gasteiger charge is -2.25. The van der Waals surface area contributed by atoms with Crippen LogP contribution >= 0.6 is 0 Å².